The number of hydrogen-bond acceptors (Lipinski definition) is 4. The fourth-order valence-corrected chi connectivity index (χ4v) is 3.21. The van der Waals surface area contributed by atoms with Gasteiger partial charge in [-0.15, -0.1) is 0 Å². The van der Waals surface area contributed by atoms with Gasteiger partial charge in [0.1, 0.15) is 29.5 Å². The van der Waals surface area contributed by atoms with Crippen LogP contribution in [0.1, 0.15) is 33.1 Å². The number of amides is 1. The Morgan fingerprint density at radius 1 is 1.19 bits per heavy atom. The summed E-state index contributed by atoms with van der Waals surface area (Å²) in [5, 5.41) is 4.51. The van der Waals surface area contributed by atoms with E-state index in [-0.39, 0.29) is 5.91 Å². The normalized spacial score (nSPS) is 13.8. The molecular formula is C20H21N3O3. The molecule has 0 fully saturated rings. The maximum absolute atomic E-state index is 12.8. The number of carbonyl (C=O) groups is 1. The van der Waals surface area contributed by atoms with Crippen LogP contribution in [0.2, 0.25) is 0 Å². The molecule has 3 heterocycles. The number of furan rings is 1. The minimum Gasteiger partial charge on any atom is -0.487 e. The smallest absolute Gasteiger partial charge is 0.272 e. The van der Waals surface area contributed by atoms with Gasteiger partial charge in [0.2, 0.25) is 0 Å². The van der Waals surface area contributed by atoms with Crippen molar-refractivity contribution in [3.8, 4) is 5.75 Å². The number of rotatable bonds is 5. The van der Waals surface area contributed by atoms with Crippen molar-refractivity contribution >= 4 is 5.91 Å². The first-order valence-corrected chi connectivity index (χ1v) is 8.69. The van der Waals surface area contributed by atoms with Gasteiger partial charge in [-0.3, -0.25) is 9.48 Å². The molecule has 3 aromatic rings. The van der Waals surface area contributed by atoms with E-state index in [1.165, 1.54) is 0 Å². The van der Waals surface area contributed by atoms with E-state index in [0.29, 0.717) is 31.9 Å². The molecule has 0 unspecified atom stereocenters. The number of aryl methyl sites for hydroxylation is 2. The van der Waals surface area contributed by atoms with Crippen LogP contribution in [0.25, 0.3) is 0 Å². The van der Waals surface area contributed by atoms with E-state index in [4.69, 9.17) is 9.15 Å². The van der Waals surface area contributed by atoms with E-state index in [1.807, 2.05) is 55.1 Å². The topological polar surface area (TPSA) is 60.5 Å². The van der Waals surface area contributed by atoms with Crippen molar-refractivity contribution in [1.29, 1.82) is 0 Å². The molecule has 1 aliphatic heterocycles. The third kappa shape index (κ3) is 3.10. The molecule has 0 spiro atoms. The van der Waals surface area contributed by atoms with Gasteiger partial charge in [-0.25, -0.2) is 0 Å². The van der Waals surface area contributed by atoms with Crippen molar-refractivity contribution in [2.75, 3.05) is 6.54 Å². The number of ether oxygens (including phenoxy) is 1. The van der Waals surface area contributed by atoms with Gasteiger partial charge in [-0.05, 0) is 37.6 Å². The zero-order valence-corrected chi connectivity index (χ0v) is 14.9. The highest BCUT2D eigenvalue weighted by atomic mass is 16.5. The minimum absolute atomic E-state index is 0.00490. The van der Waals surface area contributed by atoms with Crippen LogP contribution in [0.5, 0.6) is 5.75 Å². The first-order valence-electron chi connectivity index (χ1n) is 8.69. The van der Waals surface area contributed by atoms with Crippen LogP contribution in [0.4, 0.5) is 0 Å². The largest absolute Gasteiger partial charge is 0.487 e. The molecule has 0 bridgehead atoms. The molecule has 1 aromatic carbocycles. The van der Waals surface area contributed by atoms with Gasteiger partial charge >= 0.3 is 0 Å². The average molecular weight is 351 g/mol. The lowest BCUT2D eigenvalue weighted by atomic mass is 10.1. The first kappa shape index (κ1) is 16.4. The molecule has 6 nitrogen and oxygen atoms in total. The molecule has 0 radical (unpaired) electrons. The van der Waals surface area contributed by atoms with Gasteiger partial charge in [0.25, 0.3) is 5.91 Å². The third-order valence-corrected chi connectivity index (χ3v) is 4.71. The Morgan fingerprint density at radius 2 is 2.00 bits per heavy atom. The lowest BCUT2D eigenvalue weighted by Crippen LogP contribution is -2.40. The third-order valence-electron chi connectivity index (χ3n) is 4.71. The number of hydrogen-bond donors (Lipinski definition) is 0. The molecule has 1 aliphatic rings. The molecule has 4 rings (SSSR count). The summed E-state index contributed by atoms with van der Waals surface area (Å²) in [5.41, 5.74) is 3.53. The Labute approximate surface area is 152 Å². The summed E-state index contributed by atoms with van der Waals surface area (Å²) in [4.78, 5) is 14.7. The molecule has 134 valence electrons. The molecule has 1 amide bonds. The Hall–Kier alpha value is -3.02. The first-order chi connectivity index (χ1) is 12.6. The second-order valence-electron chi connectivity index (χ2n) is 6.53. The highest BCUT2D eigenvalue weighted by Crippen LogP contribution is 2.22. The Morgan fingerprint density at radius 3 is 2.73 bits per heavy atom. The van der Waals surface area contributed by atoms with E-state index < -0.39 is 0 Å². The van der Waals surface area contributed by atoms with Crippen molar-refractivity contribution in [2.24, 2.45) is 0 Å². The number of carbonyl (C=O) groups excluding carboxylic acids is 1. The lowest BCUT2D eigenvalue weighted by Gasteiger charge is -2.27. The fourth-order valence-electron chi connectivity index (χ4n) is 3.21. The van der Waals surface area contributed by atoms with Crippen LogP contribution in [-0.2, 0) is 19.7 Å². The van der Waals surface area contributed by atoms with Crippen molar-refractivity contribution in [2.45, 2.75) is 33.5 Å². The van der Waals surface area contributed by atoms with E-state index >= 15 is 0 Å². The standard InChI is InChI=1S/C20H21N3O3/c1-14-12-25-15(2)18(14)11-22-8-9-23-19(20(22)24)10-16(21-23)13-26-17-6-4-3-5-7-17/h3-7,10,12H,8-9,11,13H2,1-2H3. The summed E-state index contributed by atoms with van der Waals surface area (Å²) in [6.07, 6.45) is 1.74. The number of benzene rings is 1. The van der Waals surface area contributed by atoms with E-state index in [2.05, 4.69) is 5.10 Å². The maximum Gasteiger partial charge on any atom is 0.272 e. The average Bonchev–Trinajstić information content (AvgIpc) is 3.21. The quantitative estimate of drug-likeness (QED) is 0.707. The lowest BCUT2D eigenvalue weighted by molar-refractivity contribution is 0.0682. The summed E-state index contributed by atoms with van der Waals surface area (Å²) in [6.45, 7) is 6.16. The summed E-state index contributed by atoms with van der Waals surface area (Å²) in [5.74, 6) is 1.65. The zero-order valence-electron chi connectivity index (χ0n) is 14.9. The second-order valence-corrected chi connectivity index (χ2v) is 6.53. The molecular weight excluding hydrogens is 330 g/mol. The number of nitrogens with zero attached hydrogens (tertiary/aromatic N) is 3. The van der Waals surface area contributed by atoms with E-state index in [9.17, 15) is 4.79 Å². The van der Waals surface area contributed by atoms with Crippen LogP contribution in [0.15, 0.2) is 47.1 Å². The fraction of sp³-hybridized carbons (Fsp3) is 0.300. The van der Waals surface area contributed by atoms with Crippen LogP contribution in [0, 0.1) is 13.8 Å². The summed E-state index contributed by atoms with van der Waals surface area (Å²) in [6, 6.07) is 11.4. The van der Waals surface area contributed by atoms with Crippen molar-refractivity contribution in [3.63, 3.8) is 0 Å². The molecule has 0 saturated heterocycles. The number of fused-ring (bicyclic) bond motifs is 1. The monoisotopic (exact) mass is 351 g/mol. The van der Waals surface area contributed by atoms with E-state index in [1.54, 1.807) is 10.9 Å². The van der Waals surface area contributed by atoms with Crippen LogP contribution >= 0.6 is 0 Å². The second kappa shape index (κ2) is 6.71. The van der Waals surface area contributed by atoms with E-state index in [0.717, 1.165) is 28.3 Å². The number of para-hydroxylation sites is 1. The molecule has 0 saturated carbocycles. The Balaban J connectivity index is 1.47. The van der Waals surface area contributed by atoms with Crippen LogP contribution in [0.3, 0.4) is 0 Å². The van der Waals surface area contributed by atoms with Gasteiger partial charge < -0.3 is 14.1 Å². The maximum atomic E-state index is 12.8. The van der Waals surface area contributed by atoms with Gasteiger partial charge in [0.05, 0.1) is 12.8 Å². The molecule has 0 aliphatic carbocycles. The SMILES string of the molecule is Cc1coc(C)c1CN1CCn2nc(COc3ccccc3)cc2C1=O. The minimum atomic E-state index is -0.00490. The molecule has 0 N–H and O–H groups in total. The molecule has 2 aromatic heterocycles. The predicted molar refractivity (Wildman–Crippen MR) is 95.9 cm³/mol. The zero-order chi connectivity index (χ0) is 18.1. The van der Waals surface area contributed by atoms with Gasteiger partial charge in [-0.2, -0.15) is 5.10 Å². The predicted octanol–water partition coefficient (Wildman–Crippen LogP) is 3.33. The number of aromatic nitrogens is 2. The van der Waals surface area contributed by atoms with Crippen molar-refractivity contribution in [3.05, 3.63) is 70.9 Å². The Bertz CT molecular complexity index is 908. The van der Waals surface area contributed by atoms with Crippen molar-refractivity contribution < 1.29 is 13.9 Å². The molecule has 26 heavy (non-hydrogen) atoms. The molecule has 6 heteroatoms. The summed E-state index contributed by atoms with van der Waals surface area (Å²) in [7, 11) is 0. The molecule has 0 atom stereocenters. The Kier molecular flexibility index (Phi) is 4.24. The van der Waals surface area contributed by atoms with Gasteiger partial charge in [0, 0.05) is 18.7 Å². The van der Waals surface area contributed by atoms with Crippen LogP contribution < -0.4 is 4.74 Å². The van der Waals surface area contributed by atoms with Crippen LogP contribution in [-0.4, -0.2) is 27.1 Å². The summed E-state index contributed by atoms with van der Waals surface area (Å²) >= 11 is 0. The van der Waals surface area contributed by atoms with Gasteiger partial charge in [-0.1, -0.05) is 18.2 Å². The van der Waals surface area contributed by atoms with Crippen molar-refractivity contribution in [1.82, 2.24) is 14.7 Å². The highest BCUT2D eigenvalue weighted by molar-refractivity contribution is 5.93. The summed E-state index contributed by atoms with van der Waals surface area (Å²) < 4.78 is 13.0. The highest BCUT2D eigenvalue weighted by Gasteiger charge is 2.27. The van der Waals surface area contributed by atoms with Gasteiger partial charge in [0.15, 0.2) is 0 Å².